The van der Waals surface area contributed by atoms with Gasteiger partial charge in [0, 0.05) is 11.7 Å². The Bertz CT molecular complexity index is 543. The zero-order valence-corrected chi connectivity index (χ0v) is 10.4. The van der Waals surface area contributed by atoms with Crippen LogP contribution in [0.4, 0.5) is 5.69 Å². The molecule has 0 spiro atoms. The van der Waals surface area contributed by atoms with Gasteiger partial charge in [-0.25, -0.2) is 4.79 Å². The standard InChI is InChI=1S/C14H14N2O2/c1-10-7-11-5-3-4-6-13(11)16(10)12(9-15)8-14(17)18-2/h3-6,8,10H,7H2,1-2H3/t10-/m1/s1. The molecule has 1 heterocycles. The maximum absolute atomic E-state index is 11.3. The van der Waals surface area contributed by atoms with Gasteiger partial charge in [-0.15, -0.1) is 0 Å². The minimum absolute atomic E-state index is 0.165. The number of nitriles is 1. The molecule has 4 heteroatoms. The predicted octanol–water partition coefficient (Wildman–Crippen LogP) is 2.02. The van der Waals surface area contributed by atoms with Crippen LogP contribution in [-0.2, 0) is 16.0 Å². The maximum atomic E-state index is 11.3. The van der Waals surface area contributed by atoms with Gasteiger partial charge in [-0.3, -0.25) is 0 Å². The summed E-state index contributed by atoms with van der Waals surface area (Å²) in [6.07, 6.45) is 2.11. The van der Waals surface area contributed by atoms with E-state index >= 15 is 0 Å². The Morgan fingerprint density at radius 3 is 2.94 bits per heavy atom. The van der Waals surface area contributed by atoms with E-state index in [0.717, 1.165) is 12.1 Å². The first-order valence-corrected chi connectivity index (χ1v) is 5.74. The molecule has 1 atom stereocenters. The average Bonchev–Trinajstić information content (AvgIpc) is 2.71. The number of fused-ring (bicyclic) bond motifs is 1. The number of para-hydroxylation sites is 1. The molecule has 4 nitrogen and oxygen atoms in total. The minimum atomic E-state index is -0.511. The number of hydrogen-bond donors (Lipinski definition) is 0. The Morgan fingerprint density at radius 1 is 1.56 bits per heavy atom. The van der Waals surface area contributed by atoms with Gasteiger partial charge >= 0.3 is 5.97 Å². The fraction of sp³-hybridized carbons (Fsp3) is 0.286. The summed E-state index contributed by atoms with van der Waals surface area (Å²) in [5.41, 5.74) is 2.50. The van der Waals surface area contributed by atoms with E-state index in [2.05, 4.69) is 10.8 Å². The van der Waals surface area contributed by atoms with E-state index < -0.39 is 5.97 Å². The number of anilines is 1. The van der Waals surface area contributed by atoms with E-state index in [1.807, 2.05) is 36.1 Å². The van der Waals surface area contributed by atoms with Crippen LogP contribution in [0.2, 0.25) is 0 Å². The van der Waals surface area contributed by atoms with Crippen molar-refractivity contribution < 1.29 is 9.53 Å². The van der Waals surface area contributed by atoms with Crippen molar-refractivity contribution in [1.29, 1.82) is 5.26 Å². The highest BCUT2D eigenvalue weighted by molar-refractivity contribution is 5.85. The molecule has 0 aliphatic carbocycles. The van der Waals surface area contributed by atoms with Crippen LogP contribution in [0.1, 0.15) is 12.5 Å². The molecular weight excluding hydrogens is 228 g/mol. The van der Waals surface area contributed by atoms with Crippen molar-refractivity contribution in [3.63, 3.8) is 0 Å². The molecule has 0 amide bonds. The molecular formula is C14H14N2O2. The molecule has 1 aliphatic heterocycles. The van der Waals surface area contributed by atoms with Crippen molar-refractivity contribution >= 4 is 11.7 Å². The van der Waals surface area contributed by atoms with Gasteiger partial charge in [0.1, 0.15) is 11.8 Å². The van der Waals surface area contributed by atoms with Crippen LogP contribution < -0.4 is 4.90 Å². The lowest BCUT2D eigenvalue weighted by Gasteiger charge is -2.23. The third-order valence-electron chi connectivity index (χ3n) is 3.04. The second-order valence-electron chi connectivity index (χ2n) is 4.22. The molecule has 0 unspecified atom stereocenters. The molecule has 1 aromatic carbocycles. The smallest absolute Gasteiger partial charge is 0.333 e. The lowest BCUT2D eigenvalue weighted by Crippen LogP contribution is -2.28. The van der Waals surface area contributed by atoms with E-state index in [0.29, 0.717) is 5.70 Å². The molecule has 0 saturated carbocycles. The van der Waals surface area contributed by atoms with Crippen molar-refractivity contribution in [3.8, 4) is 6.07 Å². The summed E-state index contributed by atoms with van der Waals surface area (Å²) in [4.78, 5) is 13.2. The third-order valence-corrected chi connectivity index (χ3v) is 3.04. The number of allylic oxidation sites excluding steroid dienone is 1. The normalized spacial score (nSPS) is 18.2. The summed E-state index contributed by atoms with van der Waals surface area (Å²) < 4.78 is 4.57. The second-order valence-corrected chi connectivity index (χ2v) is 4.22. The quantitative estimate of drug-likeness (QED) is 0.452. The van der Waals surface area contributed by atoms with Crippen molar-refractivity contribution in [3.05, 3.63) is 41.6 Å². The van der Waals surface area contributed by atoms with Crippen LogP contribution in [0, 0.1) is 11.3 Å². The monoisotopic (exact) mass is 242 g/mol. The van der Waals surface area contributed by atoms with Gasteiger partial charge < -0.3 is 9.64 Å². The molecule has 0 fully saturated rings. The van der Waals surface area contributed by atoms with Gasteiger partial charge in [-0.2, -0.15) is 5.26 Å². The van der Waals surface area contributed by atoms with Gasteiger partial charge in [0.15, 0.2) is 0 Å². The second kappa shape index (κ2) is 4.92. The number of carbonyl (C=O) groups is 1. The van der Waals surface area contributed by atoms with E-state index in [1.54, 1.807) is 0 Å². The van der Waals surface area contributed by atoms with Gasteiger partial charge in [-0.1, -0.05) is 18.2 Å². The Morgan fingerprint density at radius 2 is 2.28 bits per heavy atom. The molecule has 0 radical (unpaired) electrons. The Kier molecular flexibility index (Phi) is 3.33. The van der Waals surface area contributed by atoms with Crippen LogP contribution in [0.15, 0.2) is 36.0 Å². The Hall–Kier alpha value is -2.28. The summed E-state index contributed by atoms with van der Waals surface area (Å²) in [6, 6.07) is 10.1. The first-order chi connectivity index (χ1) is 8.67. The summed E-state index contributed by atoms with van der Waals surface area (Å²) in [5.74, 6) is -0.511. The summed E-state index contributed by atoms with van der Waals surface area (Å²) in [7, 11) is 1.30. The number of carbonyl (C=O) groups excluding carboxylic acids is 1. The van der Waals surface area contributed by atoms with E-state index in [-0.39, 0.29) is 6.04 Å². The Labute approximate surface area is 106 Å². The van der Waals surface area contributed by atoms with E-state index in [4.69, 9.17) is 0 Å². The molecule has 1 aromatic rings. The van der Waals surface area contributed by atoms with Crippen LogP contribution in [0.5, 0.6) is 0 Å². The summed E-state index contributed by atoms with van der Waals surface area (Å²) in [6.45, 7) is 2.03. The lowest BCUT2D eigenvalue weighted by atomic mass is 10.1. The first kappa shape index (κ1) is 12.2. The molecule has 0 aromatic heterocycles. The van der Waals surface area contributed by atoms with Gasteiger partial charge in [-0.05, 0) is 25.0 Å². The number of benzene rings is 1. The highest BCUT2D eigenvalue weighted by Crippen LogP contribution is 2.34. The van der Waals surface area contributed by atoms with Crippen molar-refractivity contribution in [2.45, 2.75) is 19.4 Å². The molecule has 0 saturated heterocycles. The van der Waals surface area contributed by atoms with Crippen LogP contribution >= 0.6 is 0 Å². The topological polar surface area (TPSA) is 53.3 Å². The summed E-state index contributed by atoms with van der Waals surface area (Å²) in [5, 5.41) is 9.21. The van der Waals surface area contributed by atoms with Crippen molar-refractivity contribution in [2.75, 3.05) is 12.0 Å². The molecule has 92 valence electrons. The van der Waals surface area contributed by atoms with Crippen LogP contribution in [0.25, 0.3) is 0 Å². The fourth-order valence-electron chi connectivity index (χ4n) is 2.26. The van der Waals surface area contributed by atoms with Gasteiger partial charge in [0.05, 0.1) is 13.2 Å². The maximum Gasteiger partial charge on any atom is 0.333 e. The average molecular weight is 242 g/mol. The van der Waals surface area contributed by atoms with Crippen molar-refractivity contribution in [1.82, 2.24) is 0 Å². The SMILES string of the molecule is COC(=O)C=C(C#N)N1c2ccccc2C[C@H]1C. The number of esters is 1. The number of methoxy groups -OCH3 is 1. The number of nitrogens with zero attached hydrogens (tertiary/aromatic N) is 2. The molecule has 0 bridgehead atoms. The van der Waals surface area contributed by atoms with Crippen LogP contribution in [-0.4, -0.2) is 19.1 Å². The van der Waals surface area contributed by atoms with E-state index in [1.165, 1.54) is 18.7 Å². The van der Waals surface area contributed by atoms with Gasteiger partial charge in [0.25, 0.3) is 0 Å². The highest BCUT2D eigenvalue weighted by Gasteiger charge is 2.28. The largest absolute Gasteiger partial charge is 0.466 e. The molecule has 1 aliphatic rings. The predicted molar refractivity (Wildman–Crippen MR) is 67.8 cm³/mol. The minimum Gasteiger partial charge on any atom is -0.466 e. The third kappa shape index (κ3) is 2.07. The molecule has 2 rings (SSSR count). The van der Waals surface area contributed by atoms with Gasteiger partial charge in [0.2, 0.25) is 0 Å². The highest BCUT2D eigenvalue weighted by atomic mass is 16.5. The number of hydrogen-bond acceptors (Lipinski definition) is 4. The number of rotatable bonds is 2. The Balaban J connectivity index is 2.41. The molecule has 0 N–H and O–H groups in total. The zero-order valence-electron chi connectivity index (χ0n) is 10.4. The summed E-state index contributed by atoms with van der Waals surface area (Å²) >= 11 is 0. The lowest BCUT2D eigenvalue weighted by molar-refractivity contribution is -0.134. The first-order valence-electron chi connectivity index (χ1n) is 5.74. The van der Waals surface area contributed by atoms with Crippen LogP contribution in [0.3, 0.4) is 0 Å². The number of ether oxygens (including phenoxy) is 1. The van der Waals surface area contributed by atoms with E-state index in [9.17, 15) is 10.1 Å². The fourth-order valence-corrected chi connectivity index (χ4v) is 2.26. The zero-order chi connectivity index (χ0) is 13.1. The van der Waals surface area contributed by atoms with Crippen molar-refractivity contribution in [2.24, 2.45) is 0 Å². The molecule has 18 heavy (non-hydrogen) atoms.